The molecular weight excluding hydrogens is 288 g/mol. The Bertz CT molecular complexity index is 665. The van der Waals surface area contributed by atoms with Crippen molar-refractivity contribution >= 4 is 28.1 Å². The summed E-state index contributed by atoms with van der Waals surface area (Å²) in [6.45, 7) is 5.25. The largest absolute Gasteiger partial charge is 0.496 e. The van der Waals surface area contributed by atoms with Gasteiger partial charge in [0, 0.05) is 11.1 Å². The number of nitrogens with zero attached hydrogens (tertiary/aromatic N) is 1. The number of carboxylic acids is 1. The topological polar surface area (TPSA) is 71.5 Å². The second kappa shape index (κ2) is 5.73. The van der Waals surface area contributed by atoms with Crippen LogP contribution in [0.1, 0.15) is 25.1 Å². The van der Waals surface area contributed by atoms with Crippen LogP contribution >= 0.6 is 11.3 Å². The van der Waals surface area contributed by atoms with Crippen LogP contribution in [0.2, 0.25) is 0 Å². The number of benzene rings is 1. The van der Waals surface area contributed by atoms with Gasteiger partial charge in [-0.3, -0.25) is 4.79 Å². The number of thiazole rings is 1. The molecule has 0 saturated carbocycles. The molecule has 0 aliphatic heterocycles. The van der Waals surface area contributed by atoms with Gasteiger partial charge in [0.2, 0.25) is 0 Å². The predicted octanol–water partition coefficient (Wildman–Crippen LogP) is 3.57. The van der Waals surface area contributed by atoms with Gasteiger partial charge in [0.05, 0.1) is 12.8 Å². The summed E-state index contributed by atoms with van der Waals surface area (Å²) in [6, 6.07) is 5.74. The van der Waals surface area contributed by atoms with Gasteiger partial charge in [-0.2, -0.15) is 0 Å². The lowest BCUT2D eigenvalue weighted by Gasteiger charge is -2.15. The van der Waals surface area contributed by atoms with Gasteiger partial charge in [-0.1, -0.05) is 0 Å². The first-order valence-corrected chi connectivity index (χ1v) is 7.33. The summed E-state index contributed by atoms with van der Waals surface area (Å²) in [4.78, 5) is 15.6. The van der Waals surface area contributed by atoms with Gasteiger partial charge < -0.3 is 15.2 Å². The minimum Gasteiger partial charge on any atom is -0.496 e. The highest BCUT2D eigenvalue weighted by Crippen LogP contribution is 2.30. The van der Waals surface area contributed by atoms with Gasteiger partial charge in [-0.05, 0) is 44.5 Å². The Morgan fingerprint density at radius 2 is 2.14 bits per heavy atom. The first kappa shape index (κ1) is 15.3. The lowest BCUT2D eigenvalue weighted by atomic mass is 9.90. The maximum absolute atomic E-state index is 11.2. The van der Waals surface area contributed by atoms with Crippen LogP contribution in [0.4, 0.5) is 10.8 Å². The highest BCUT2D eigenvalue weighted by molar-refractivity contribution is 7.13. The van der Waals surface area contributed by atoms with Crippen molar-refractivity contribution in [3.05, 3.63) is 34.8 Å². The lowest BCUT2D eigenvalue weighted by molar-refractivity contribution is -0.142. The highest BCUT2D eigenvalue weighted by Gasteiger charge is 2.32. The van der Waals surface area contributed by atoms with Crippen molar-refractivity contribution in [1.29, 1.82) is 0 Å². The van der Waals surface area contributed by atoms with E-state index < -0.39 is 11.4 Å². The lowest BCUT2D eigenvalue weighted by Crippen LogP contribution is -2.28. The molecule has 0 saturated heterocycles. The van der Waals surface area contributed by atoms with E-state index in [9.17, 15) is 9.90 Å². The third kappa shape index (κ3) is 3.16. The average Bonchev–Trinajstić information content (AvgIpc) is 2.88. The molecular formula is C15H18N2O3S. The fourth-order valence-electron chi connectivity index (χ4n) is 1.81. The molecule has 1 aromatic heterocycles. The number of carbonyl (C=O) groups is 1. The second-order valence-corrected chi connectivity index (χ2v) is 6.14. The molecule has 0 radical (unpaired) electrons. The quantitative estimate of drug-likeness (QED) is 0.883. The number of aromatic nitrogens is 1. The third-order valence-electron chi connectivity index (χ3n) is 3.33. The number of hydrogen-bond acceptors (Lipinski definition) is 5. The molecule has 0 amide bonds. The summed E-state index contributed by atoms with van der Waals surface area (Å²) in [5.74, 6) is -0.0629. The Morgan fingerprint density at radius 1 is 1.43 bits per heavy atom. The van der Waals surface area contributed by atoms with Gasteiger partial charge in [0.15, 0.2) is 5.13 Å². The van der Waals surface area contributed by atoms with E-state index in [1.165, 1.54) is 11.3 Å². The molecule has 1 heterocycles. The SMILES string of the molecule is COc1ccc(Nc2nc(C(C)(C)C(=O)O)cs2)cc1C. The number of anilines is 2. The van der Waals surface area contributed by atoms with Gasteiger partial charge in [0.1, 0.15) is 11.2 Å². The van der Waals surface area contributed by atoms with E-state index in [1.54, 1.807) is 26.3 Å². The average molecular weight is 306 g/mol. The number of hydrogen-bond donors (Lipinski definition) is 2. The van der Waals surface area contributed by atoms with Crippen molar-refractivity contribution in [2.75, 3.05) is 12.4 Å². The number of ether oxygens (including phenoxy) is 1. The molecule has 6 heteroatoms. The van der Waals surface area contributed by atoms with E-state index in [4.69, 9.17) is 4.74 Å². The smallest absolute Gasteiger partial charge is 0.315 e. The molecule has 112 valence electrons. The first-order chi connectivity index (χ1) is 9.84. The van der Waals surface area contributed by atoms with E-state index in [0.717, 1.165) is 17.0 Å². The second-order valence-electron chi connectivity index (χ2n) is 5.28. The number of methoxy groups -OCH3 is 1. The maximum atomic E-state index is 11.2. The molecule has 2 N–H and O–H groups in total. The minimum atomic E-state index is -0.994. The van der Waals surface area contributed by atoms with Crippen LogP contribution in [-0.4, -0.2) is 23.2 Å². The van der Waals surface area contributed by atoms with Crippen LogP contribution in [0, 0.1) is 6.92 Å². The zero-order valence-corrected chi connectivity index (χ0v) is 13.2. The number of aliphatic carboxylic acids is 1. The standard InChI is InChI=1S/C15H18N2O3S/c1-9-7-10(5-6-11(9)20-4)16-14-17-12(8-21-14)15(2,3)13(18)19/h5-8H,1-4H3,(H,16,17)(H,18,19). The molecule has 1 aromatic carbocycles. The van der Waals surface area contributed by atoms with E-state index in [-0.39, 0.29) is 0 Å². The van der Waals surface area contributed by atoms with Crippen molar-refractivity contribution in [2.45, 2.75) is 26.2 Å². The number of rotatable bonds is 5. The molecule has 0 aliphatic carbocycles. The Hall–Kier alpha value is -2.08. The molecule has 0 aliphatic rings. The summed E-state index contributed by atoms with van der Waals surface area (Å²) in [7, 11) is 1.64. The molecule has 2 aromatic rings. The maximum Gasteiger partial charge on any atom is 0.315 e. The highest BCUT2D eigenvalue weighted by atomic mass is 32.1. The van der Waals surface area contributed by atoms with Crippen LogP contribution in [0.25, 0.3) is 0 Å². The van der Waals surface area contributed by atoms with E-state index in [2.05, 4.69) is 10.3 Å². The van der Waals surface area contributed by atoms with Crippen molar-refractivity contribution in [1.82, 2.24) is 4.98 Å². The van der Waals surface area contributed by atoms with Crippen molar-refractivity contribution in [2.24, 2.45) is 0 Å². The van der Waals surface area contributed by atoms with Crippen molar-refractivity contribution < 1.29 is 14.6 Å². The normalized spacial score (nSPS) is 11.2. The molecule has 2 rings (SSSR count). The first-order valence-electron chi connectivity index (χ1n) is 6.45. The summed E-state index contributed by atoms with van der Waals surface area (Å²) in [6.07, 6.45) is 0. The summed E-state index contributed by atoms with van der Waals surface area (Å²) >= 11 is 1.39. The Balaban J connectivity index is 2.20. The van der Waals surface area contributed by atoms with Crippen LogP contribution in [0.15, 0.2) is 23.6 Å². The van der Waals surface area contributed by atoms with Gasteiger partial charge in [-0.15, -0.1) is 11.3 Å². The van der Waals surface area contributed by atoms with Crippen LogP contribution in [0.3, 0.4) is 0 Å². The minimum absolute atomic E-state index is 0.549. The number of carboxylic acid groups (broad SMARTS) is 1. The van der Waals surface area contributed by atoms with E-state index in [1.807, 2.05) is 25.1 Å². The van der Waals surface area contributed by atoms with Gasteiger partial charge in [0.25, 0.3) is 0 Å². The van der Waals surface area contributed by atoms with Crippen molar-refractivity contribution in [3.8, 4) is 5.75 Å². The molecule has 0 fully saturated rings. The van der Waals surface area contributed by atoms with Crippen LogP contribution in [-0.2, 0) is 10.2 Å². The molecule has 0 spiro atoms. The molecule has 0 atom stereocenters. The van der Waals surface area contributed by atoms with Gasteiger partial charge >= 0.3 is 5.97 Å². The predicted molar refractivity (Wildman–Crippen MR) is 83.8 cm³/mol. The Kier molecular flexibility index (Phi) is 4.18. The Morgan fingerprint density at radius 3 is 2.71 bits per heavy atom. The third-order valence-corrected chi connectivity index (χ3v) is 4.08. The van der Waals surface area contributed by atoms with E-state index >= 15 is 0 Å². The van der Waals surface area contributed by atoms with Crippen molar-refractivity contribution in [3.63, 3.8) is 0 Å². The fraction of sp³-hybridized carbons (Fsp3) is 0.333. The number of aryl methyl sites for hydroxylation is 1. The summed E-state index contributed by atoms with van der Waals surface area (Å²) in [5.41, 5.74) is 1.46. The van der Waals surface area contributed by atoms with Crippen LogP contribution in [0.5, 0.6) is 5.75 Å². The monoisotopic (exact) mass is 306 g/mol. The summed E-state index contributed by atoms with van der Waals surface area (Å²) in [5, 5.41) is 14.8. The molecule has 21 heavy (non-hydrogen) atoms. The van der Waals surface area contributed by atoms with Crippen LogP contribution < -0.4 is 10.1 Å². The Labute approximate surface area is 127 Å². The molecule has 0 unspecified atom stereocenters. The molecule has 5 nitrogen and oxygen atoms in total. The zero-order chi connectivity index (χ0) is 15.6. The van der Waals surface area contributed by atoms with E-state index in [0.29, 0.717) is 10.8 Å². The fourth-order valence-corrected chi connectivity index (χ4v) is 2.71. The van der Waals surface area contributed by atoms with Gasteiger partial charge in [-0.25, -0.2) is 4.98 Å². The summed E-state index contributed by atoms with van der Waals surface area (Å²) < 4.78 is 5.22. The number of nitrogens with one attached hydrogen (secondary N) is 1. The zero-order valence-electron chi connectivity index (χ0n) is 12.4. The molecule has 0 bridgehead atoms.